The lowest BCUT2D eigenvalue weighted by Crippen LogP contribution is -2.48. The highest BCUT2D eigenvalue weighted by atomic mass is 19.1. The van der Waals surface area contributed by atoms with Gasteiger partial charge in [0.05, 0.1) is 0 Å². The van der Waals surface area contributed by atoms with E-state index >= 15 is 4.39 Å². The highest BCUT2D eigenvalue weighted by Gasteiger charge is 2.33. The van der Waals surface area contributed by atoms with Crippen LogP contribution in [0.1, 0.15) is 27.5 Å². The van der Waals surface area contributed by atoms with E-state index in [0.717, 1.165) is 11.1 Å². The standard InChI is InChI=1S/C33H27FN6O3/c1-40-27(15-17-37-40)31(41)39-30(28(20-8-4-2-5-9-20)21-10-6-3-7-11-21)33(43)38-22-12-13-23(26(34)18-22)25-19-36-32(42)29-24(25)14-16-35-29/h2-19,28,30,35H,1H3,(H,36,42)(H,38,43)(H,39,41)/t30-/m0/s1. The third kappa shape index (κ3) is 5.45. The molecule has 3 heterocycles. The molecule has 0 radical (unpaired) electrons. The second-order valence-corrected chi connectivity index (χ2v) is 10.1. The van der Waals surface area contributed by atoms with E-state index < -0.39 is 29.6 Å². The first-order valence-electron chi connectivity index (χ1n) is 13.6. The van der Waals surface area contributed by atoms with Crippen molar-refractivity contribution in [2.75, 3.05) is 5.32 Å². The highest BCUT2D eigenvalue weighted by molar-refractivity contribution is 6.02. The molecule has 2 amide bonds. The fourth-order valence-electron chi connectivity index (χ4n) is 5.33. The van der Waals surface area contributed by atoms with Crippen LogP contribution < -0.4 is 16.2 Å². The van der Waals surface area contributed by atoms with Crippen molar-refractivity contribution < 1.29 is 14.0 Å². The molecule has 3 aromatic heterocycles. The van der Waals surface area contributed by atoms with Gasteiger partial charge in [-0.15, -0.1) is 0 Å². The van der Waals surface area contributed by atoms with Gasteiger partial charge in [-0.05, 0) is 41.5 Å². The Labute approximate surface area is 245 Å². The Hall–Kier alpha value is -5.77. The van der Waals surface area contributed by atoms with Crippen molar-refractivity contribution in [3.05, 3.63) is 143 Å². The highest BCUT2D eigenvalue weighted by Crippen LogP contribution is 2.32. The number of nitrogens with zero attached hydrogens (tertiary/aromatic N) is 2. The van der Waals surface area contributed by atoms with Gasteiger partial charge in [-0.25, -0.2) is 4.39 Å². The number of fused-ring (bicyclic) bond motifs is 1. The molecule has 6 rings (SSSR count). The Morgan fingerprint density at radius 2 is 1.58 bits per heavy atom. The van der Waals surface area contributed by atoms with E-state index in [4.69, 9.17) is 0 Å². The number of carbonyl (C=O) groups is 2. The maximum Gasteiger partial charge on any atom is 0.272 e. The van der Waals surface area contributed by atoms with E-state index in [1.165, 1.54) is 23.1 Å². The summed E-state index contributed by atoms with van der Waals surface area (Å²) in [4.78, 5) is 45.0. The first kappa shape index (κ1) is 27.4. The van der Waals surface area contributed by atoms with Crippen molar-refractivity contribution in [1.29, 1.82) is 0 Å². The molecule has 0 bridgehead atoms. The Balaban J connectivity index is 1.36. The number of hydrogen-bond acceptors (Lipinski definition) is 4. The van der Waals surface area contributed by atoms with Gasteiger partial charge in [0.15, 0.2) is 0 Å². The van der Waals surface area contributed by atoms with Crippen molar-refractivity contribution in [2.24, 2.45) is 7.05 Å². The Bertz CT molecular complexity index is 1940. The average molecular weight is 575 g/mol. The van der Waals surface area contributed by atoms with Crippen molar-refractivity contribution in [2.45, 2.75) is 12.0 Å². The fraction of sp³-hybridized carbons (Fsp3) is 0.0909. The van der Waals surface area contributed by atoms with E-state index in [2.05, 4.69) is 25.7 Å². The molecular weight excluding hydrogens is 547 g/mol. The summed E-state index contributed by atoms with van der Waals surface area (Å²) in [5, 5.41) is 10.4. The number of carbonyl (C=O) groups excluding carboxylic acids is 2. The Morgan fingerprint density at radius 1 is 0.884 bits per heavy atom. The number of halogens is 1. The van der Waals surface area contributed by atoms with Crippen LogP contribution in [0.2, 0.25) is 0 Å². The minimum absolute atomic E-state index is 0.209. The van der Waals surface area contributed by atoms with E-state index in [0.29, 0.717) is 16.5 Å². The van der Waals surface area contributed by atoms with Gasteiger partial charge >= 0.3 is 0 Å². The lowest BCUT2D eigenvalue weighted by molar-refractivity contribution is -0.118. The van der Waals surface area contributed by atoms with Gasteiger partial charge in [-0.1, -0.05) is 60.7 Å². The number of pyridine rings is 1. The molecule has 4 N–H and O–H groups in total. The minimum atomic E-state index is -1.08. The molecular formula is C33H27FN6O3. The molecule has 3 aromatic carbocycles. The first-order chi connectivity index (χ1) is 20.9. The van der Waals surface area contributed by atoms with Gasteiger partial charge in [0, 0.05) is 53.8 Å². The topological polar surface area (TPSA) is 125 Å². The molecule has 10 heteroatoms. The van der Waals surface area contributed by atoms with Gasteiger partial charge in [0.25, 0.3) is 11.5 Å². The Kier molecular flexibility index (Phi) is 7.40. The first-order valence-corrected chi connectivity index (χ1v) is 13.6. The second-order valence-electron chi connectivity index (χ2n) is 10.1. The predicted octanol–water partition coefficient (Wildman–Crippen LogP) is 4.97. The third-order valence-electron chi connectivity index (χ3n) is 7.41. The summed E-state index contributed by atoms with van der Waals surface area (Å²) in [7, 11) is 1.64. The van der Waals surface area contributed by atoms with Gasteiger partial charge in [-0.2, -0.15) is 5.10 Å². The minimum Gasteiger partial charge on any atom is -0.357 e. The zero-order chi connectivity index (χ0) is 29.9. The van der Waals surface area contributed by atoms with Gasteiger partial charge in [0.1, 0.15) is 23.1 Å². The van der Waals surface area contributed by atoms with E-state index in [-0.39, 0.29) is 22.5 Å². The molecule has 1 atom stereocenters. The maximum atomic E-state index is 15.5. The normalized spacial score (nSPS) is 11.9. The summed E-state index contributed by atoms with van der Waals surface area (Å²) in [5.41, 5.74) is 2.91. The monoisotopic (exact) mass is 574 g/mol. The van der Waals surface area contributed by atoms with Crippen LogP contribution in [0.5, 0.6) is 0 Å². The van der Waals surface area contributed by atoms with E-state index in [1.807, 2.05) is 60.7 Å². The van der Waals surface area contributed by atoms with E-state index in [9.17, 15) is 14.4 Å². The SMILES string of the molecule is Cn1nccc1C(=O)N[C@H](C(=O)Nc1ccc(-c2c[nH]c(=O)c3[nH]ccc23)c(F)c1)C(c1ccccc1)c1ccccc1. The third-order valence-corrected chi connectivity index (χ3v) is 7.41. The number of hydrogen-bond donors (Lipinski definition) is 4. The maximum absolute atomic E-state index is 15.5. The van der Waals surface area contributed by atoms with Crippen molar-refractivity contribution in [1.82, 2.24) is 25.1 Å². The number of rotatable bonds is 8. The van der Waals surface area contributed by atoms with Crippen molar-refractivity contribution in [3.8, 4) is 11.1 Å². The van der Waals surface area contributed by atoms with Crippen LogP contribution in [-0.2, 0) is 11.8 Å². The fourth-order valence-corrected chi connectivity index (χ4v) is 5.33. The molecule has 0 saturated carbocycles. The summed E-state index contributed by atoms with van der Waals surface area (Å²) in [6, 6.07) is 25.4. The smallest absolute Gasteiger partial charge is 0.272 e. The van der Waals surface area contributed by atoms with Crippen LogP contribution >= 0.6 is 0 Å². The molecule has 0 spiro atoms. The van der Waals surface area contributed by atoms with E-state index in [1.54, 1.807) is 37.5 Å². The van der Waals surface area contributed by atoms with Gasteiger partial charge in [0.2, 0.25) is 5.91 Å². The number of amides is 2. The number of aromatic nitrogens is 4. The zero-order valence-corrected chi connectivity index (χ0v) is 23.0. The van der Waals surface area contributed by atoms with Crippen LogP contribution in [-0.4, -0.2) is 37.6 Å². The van der Waals surface area contributed by atoms with Crippen LogP contribution in [0.25, 0.3) is 22.0 Å². The summed E-state index contributed by atoms with van der Waals surface area (Å²) in [5.74, 6) is -2.17. The average Bonchev–Trinajstić information content (AvgIpc) is 3.69. The number of aromatic amines is 2. The predicted molar refractivity (Wildman–Crippen MR) is 162 cm³/mol. The number of aryl methyl sites for hydroxylation is 1. The summed E-state index contributed by atoms with van der Waals surface area (Å²) < 4.78 is 16.9. The number of nitrogens with one attached hydrogen (secondary N) is 4. The molecule has 6 aromatic rings. The van der Waals surface area contributed by atoms with Gasteiger partial charge < -0.3 is 20.6 Å². The van der Waals surface area contributed by atoms with Crippen LogP contribution in [0.4, 0.5) is 10.1 Å². The van der Waals surface area contributed by atoms with Crippen LogP contribution in [0.15, 0.2) is 114 Å². The molecule has 0 aliphatic heterocycles. The summed E-state index contributed by atoms with van der Waals surface area (Å²) in [6.07, 6.45) is 4.58. The van der Waals surface area contributed by atoms with Gasteiger partial charge in [-0.3, -0.25) is 19.1 Å². The lowest BCUT2D eigenvalue weighted by atomic mass is 9.84. The molecule has 0 saturated heterocycles. The number of H-pyrrole nitrogens is 2. The molecule has 214 valence electrons. The molecule has 0 aliphatic rings. The number of benzene rings is 3. The largest absolute Gasteiger partial charge is 0.357 e. The van der Waals surface area contributed by atoms with Crippen LogP contribution in [0.3, 0.4) is 0 Å². The molecule has 0 unspecified atom stereocenters. The lowest BCUT2D eigenvalue weighted by Gasteiger charge is -2.28. The quantitative estimate of drug-likeness (QED) is 0.205. The number of anilines is 1. The van der Waals surface area contributed by atoms with Crippen LogP contribution in [0, 0.1) is 5.82 Å². The molecule has 43 heavy (non-hydrogen) atoms. The zero-order valence-electron chi connectivity index (χ0n) is 23.0. The summed E-state index contributed by atoms with van der Waals surface area (Å²) >= 11 is 0. The molecule has 9 nitrogen and oxygen atoms in total. The molecule has 0 fully saturated rings. The van der Waals surface area contributed by atoms with Crippen molar-refractivity contribution >= 4 is 28.4 Å². The summed E-state index contributed by atoms with van der Waals surface area (Å²) in [6.45, 7) is 0. The Morgan fingerprint density at radius 3 is 2.21 bits per heavy atom. The van der Waals surface area contributed by atoms with Crippen molar-refractivity contribution in [3.63, 3.8) is 0 Å². The second kappa shape index (κ2) is 11.6. The molecule has 0 aliphatic carbocycles.